The molecule has 1 aromatic carbocycles. The van der Waals surface area contributed by atoms with Crippen LogP contribution in [0.15, 0.2) is 36.9 Å². The first kappa shape index (κ1) is 13.5. The SMILES string of the molecule is C[C@H](CC(=O)Nc1ccc(Cl)cc1F)n1ccnc1. The Kier molecular flexibility index (Phi) is 4.16. The Labute approximate surface area is 115 Å². The maximum Gasteiger partial charge on any atom is 0.226 e. The molecule has 0 fully saturated rings. The lowest BCUT2D eigenvalue weighted by molar-refractivity contribution is -0.116. The van der Waals surface area contributed by atoms with Crippen LogP contribution in [0.1, 0.15) is 19.4 Å². The summed E-state index contributed by atoms with van der Waals surface area (Å²) in [4.78, 5) is 15.7. The molecule has 100 valence electrons. The summed E-state index contributed by atoms with van der Waals surface area (Å²) in [6, 6.07) is 4.09. The third-order valence-corrected chi connectivity index (χ3v) is 2.95. The molecule has 0 unspecified atom stereocenters. The van der Waals surface area contributed by atoms with Crippen LogP contribution in [0.2, 0.25) is 5.02 Å². The monoisotopic (exact) mass is 281 g/mol. The maximum absolute atomic E-state index is 13.5. The predicted octanol–water partition coefficient (Wildman–Crippen LogP) is 3.27. The highest BCUT2D eigenvalue weighted by Crippen LogP contribution is 2.20. The van der Waals surface area contributed by atoms with Crippen molar-refractivity contribution < 1.29 is 9.18 Å². The maximum atomic E-state index is 13.5. The van der Waals surface area contributed by atoms with Gasteiger partial charge in [0, 0.05) is 29.9 Å². The van der Waals surface area contributed by atoms with E-state index in [1.54, 1.807) is 18.7 Å². The van der Waals surface area contributed by atoms with Gasteiger partial charge in [0.1, 0.15) is 5.82 Å². The Morgan fingerprint density at radius 3 is 3.00 bits per heavy atom. The van der Waals surface area contributed by atoms with Crippen LogP contribution < -0.4 is 5.32 Å². The summed E-state index contributed by atoms with van der Waals surface area (Å²) in [6.45, 7) is 1.89. The zero-order valence-electron chi connectivity index (χ0n) is 10.3. The highest BCUT2D eigenvalue weighted by atomic mass is 35.5. The minimum atomic E-state index is -0.545. The van der Waals surface area contributed by atoms with Crippen LogP contribution in [0, 0.1) is 5.82 Å². The molecule has 0 radical (unpaired) electrons. The molecular formula is C13H13ClFN3O. The summed E-state index contributed by atoms with van der Waals surface area (Å²) in [5, 5.41) is 2.82. The molecule has 0 saturated heterocycles. The second-order valence-corrected chi connectivity index (χ2v) is 4.67. The molecule has 4 nitrogen and oxygen atoms in total. The number of imidazole rings is 1. The van der Waals surface area contributed by atoms with E-state index in [1.165, 1.54) is 12.1 Å². The number of carbonyl (C=O) groups excluding carboxylic acids is 1. The zero-order valence-corrected chi connectivity index (χ0v) is 11.1. The number of carbonyl (C=O) groups is 1. The number of aromatic nitrogens is 2. The molecule has 6 heteroatoms. The molecule has 0 saturated carbocycles. The summed E-state index contributed by atoms with van der Waals surface area (Å²) in [5.41, 5.74) is 0.132. The van der Waals surface area contributed by atoms with Crippen molar-refractivity contribution >= 4 is 23.2 Å². The van der Waals surface area contributed by atoms with E-state index in [-0.39, 0.29) is 24.1 Å². The molecule has 0 aliphatic rings. The van der Waals surface area contributed by atoms with Crippen molar-refractivity contribution in [2.75, 3.05) is 5.32 Å². The number of rotatable bonds is 4. The van der Waals surface area contributed by atoms with Crippen LogP contribution in [-0.4, -0.2) is 15.5 Å². The standard InChI is InChI=1S/C13H13ClFN3O/c1-9(18-5-4-16-8-18)6-13(19)17-12-3-2-10(14)7-11(12)15/h2-5,7-9H,6H2,1H3,(H,17,19)/t9-/m1/s1. The average Bonchev–Trinajstić information content (AvgIpc) is 2.86. The lowest BCUT2D eigenvalue weighted by atomic mass is 10.2. The van der Waals surface area contributed by atoms with E-state index in [9.17, 15) is 9.18 Å². The molecule has 1 N–H and O–H groups in total. The first-order valence-electron chi connectivity index (χ1n) is 5.78. The number of halogens is 2. The molecule has 1 heterocycles. The predicted molar refractivity (Wildman–Crippen MR) is 71.6 cm³/mol. The Morgan fingerprint density at radius 2 is 2.37 bits per heavy atom. The summed E-state index contributed by atoms with van der Waals surface area (Å²) in [7, 11) is 0. The number of hydrogen-bond acceptors (Lipinski definition) is 2. The number of amides is 1. The molecule has 1 aromatic heterocycles. The van der Waals surface area contributed by atoms with Crippen LogP contribution in [0.3, 0.4) is 0 Å². The second kappa shape index (κ2) is 5.84. The van der Waals surface area contributed by atoms with Gasteiger partial charge >= 0.3 is 0 Å². The number of benzene rings is 1. The minimum absolute atomic E-state index is 0.0436. The van der Waals surface area contributed by atoms with Crippen molar-refractivity contribution in [1.29, 1.82) is 0 Å². The van der Waals surface area contributed by atoms with Crippen molar-refractivity contribution in [3.8, 4) is 0 Å². The zero-order chi connectivity index (χ0) is 13.8. The number of anilines is 1. The van der Waals surface area contributed by atoms with Gasteiger partial charge in [0.2, 0.25) is 5.91 Å². The van der Waals surface area contributed by atoms with E-state index in [0.717, 1.165) is 6.07 Å². The Balaban J connectivity index is 1.98. The molecule has 0 aliphatic carbocycles. The van der Waals surface area contributed by atoms with Crippen LogP contribution in [0.5, 0.6) is 0 Å². The summed E-state index contributed by atoms with van der Waals surface area (Å²) in [6.07, 6.45) is 5.30. The van der Waals surface area contributed by atoms with Crippen molar-refractivity contribution in [3.63, 3.8) is 0 Å². The fourth-order valence-corrected chi connectivity index (χ4v) is 1.85. The summed E-state index contributed by atoms with van der Waals surface area (Å²) < 4.78 is 15.3. The Morgan fingerprint density at radius 1 is 1.58 bits per heavy atom. The van der Waals surface area contributed by atoms with Gasteiger partial charge in [-0.1, -0.05) is 11.6 Å². The molecule has 2 aromatic rings. The van der Waals surface area contributed by atoms with E-state index < -0.39 is 5.82 Å². The molecule has 2 rings (SSSR count). The highest BCUT2D eigenvalue weighted by Gasteiger charge is 2.12. The van der Waals surface area contributed by atoms with Gasteiger partial charge in [0.15, 0.2) is 0 Å². The third kappa shape index (κ3) is 3.54. The van der Waals surface area contributed by atoms with Crippen LogP contribution >= 0.6 is 11.6 Å². The van der Waals surface area contributed by atoms with Crippen LogP contribution in [-0.2, 0) is 4.79 Å². The number of nitrogens with one attached hydrogen (secondary N) is 1. The van der Waals surface area contributed by atoms with Gasteiger partial charge in [-0.3, -0.25) is 4.79 Å². The van der Waals surface area contributed by atoms with Crippen molar-refractivity contribution in [1.82, 2.24) is 9.55 Å². The molecule has 1 atom stereocenters. The van der Waals surface area contributed by atoms with Gasteiger partial charge in [-0.05, 0) is 25.1 Å². The average molecular weight is 282 g/mol. The van der Waals surface area contributed by atoms with Crippen molar-refractivity contribution in [3.05, 3.63) is 47.8 Å². The number of nitrogens with zero attached hydrogens (tertiary/aromatic N) is 2. The minimum Gasteiger partial charge on any atom is -0.334 e. The fourth-order valence-electron chi connectivity index (χ4n) is 1.70. The van der Waals surface area contributed by atoms with Gasteiger partial charge in [-0.25, -0.2) is 9.37 Å². The highest BCUT2D eigenvalue weighted by molar-refractivity contribution is 6.30. The molecule has 0 spiro atoms. The van der Waals surface area contributed by atoms with Crippen LogP contribution in [0.4, 0.5) is 10.1 Å². The quantitative estimate of drug-likeness (QED) is 0.935. The van der Waals surface area contributed by atoms with E-state index >= 15 is 0 Å². The topological polar surface area (TPSA) is 46.9 Å². The largest absolute Gasteiger partial charge is 0.334 e. The number of hydrogen-bond donors (Lipinski definition) is 1. The summed E-state index contributed by atoms with van der Waals surface area (Å²) in [5.74, 6) is -0.807. The summed E-state index contributed by atoms with van der Waals surface area (Å²) >= 11 is 5.64. The smallest absolute Gasteiger partial charge is 0.226 e. The molecular weight excluding hydrogens is 269 g/mol. The first-order valence-corrected chi connectivity index (χ1v) is 6.16. The van der Waals surface area contributed by atoms with Gasteiger partial charge in [0.25, 0.3) is 0 Å². The third-order valence-electron chi connectivity index (χ3n) is 2.72. The first-order chi connectivity index (χ1) is 9.06. The fraction of sp³-hybridized carbons (Fsp3) is 0.231. The molecule has 0 aliphatic heterocycles. The van der Waals surface area contributed by atoms with E-state index in [2.05, 4.69) is 10.3 Å². The van der Waals surface area contributed by atoms with Gasteiger partial charge < -0.3 is 9.88 Å². The molecule has 19 heavy (non-hydrogen) atoms. The normalized spacial score (nSPS) is 12.2. The van der Waals surface area contributed by atoms with Crippen molar-refractivity contribution in [2.45, 2.75) is 19.4 Å². The van der Waals surface area contributed by atoms with Gasteiger partial charge in [0.05, 0.1) is 12.0 Å². The van der Waals surface area contributed by atoms with Crippen molar-refractivity contribution in [2.24, 2.45) is 0 Å². The van der Waals surface area contributed by atoms with E-state index in [1.807, 2.05) is 11.5 Å². The van der Waals surface area contributed by atoms with Gasteiger partial charge in [-0.2, -0.15) is 0 Å². The molecule has 1 amide bonds. The second-order valence-electron chi connectivity index (χ2n) is 4.24. The Bertz CT molecular complexity index is 571. The lowest BCUT2D eigenvalue weighted by Gasteiger charge is -2.13. The van der Waals surface area contributed by atoms with Crippen LogP contribution in [0.25, 0.3) is 0 Å². The van der Waals surface area contributed by atoms with Gasteiger partial charge in [-0.15, -0.1) is 0 Å². The lowest BCUT2D eigenvalue weighted by Crippen LogP contribution is -2.17. The van der Waals surface area contributed by atoms with E-state index in [4.69, 9.17) is 11.6 Å². The molecule has 0 bridgehead atoms. The Hall–Kier alpha value is -1.88. The van der Waals surface area contributed by atoms with E-state index in [0.29, 0.717) is 5.02 Å².